The quantitative estimate of drug-likeness (QED) is 0.649. The number of halogens is 2. The molecule has 0 rings (SSSR count). The fourth-order valence-electron chi connectivity index (χ4n) is 0.762. The van der Waals surface area contributed by atoms with Gasteiger partial charge in [0.15, 0.2) is 0 Å². The second-order valence-electron chi connectivity index (χ2n) is 2.58. The zero-order valence-corrected chi connectivity index (χ0v) is 7.27. The smallest absolute Gasteiger partial charge is 0.254 e. The predicted molar refractivity (Wildman–Crippen MR) is 42.0 cm³/mol. The summed E-state index contributed by atoms with van der Waals surface area (Å²) in [6.07, 6.45) is -2.28. The molecule has 0 saturated carbocycles. The average Bonchev–Trinajstić information content (AvgIpc) is 1.99. The molecule has 68 valence electrons. The van der Waals surface area contributed by atoms with Crippen LogP contribution in [-0.2, 0) is 0 Å². The van der Waals surface area contributed by atoms with Crippen molar-refractivity contribution in [3.05, 3.63) is 0 Å². The Morgan fingerprint density at radius 2 is 2.00 bits per heavy atom. The van der Waals surface area contributed by atoms with Crippen molar-refractivity contribution >= 4 is 0 Å². The van der Waals surface area contributed by atoms with E-state index in [1.165, 1.54) is 0 Å². The molecule has 0 bridgehead atoms. The van der Waals surface area contributed by atoms with Crippen molar-refractivity contribution in [3.63, 3.8) is 0 Å². The summed E-state index contributed by atoms with van der Waals surface area (Å²) in [5, 5.41) is 2.58. The van der Waals surface area contributed by atoms with Gasteiger partial charge in [0, 0.05) is 6.54 Å². The molecule has 11 heavy (non-hydrogen) atoms. The van der Waals surface area contributed by atoms with E-state index in [4.69, 9.17) is 0 Å². The summed E-state index contributed by atoms with van der Waals surface area (Å²) < 4.78 is 24.2. The van der Waals surface area contributed by atoms with Crippen LogP contribution in [0.15, 0.2) is 0 Å². The molecule has 0 aliphatic carbocycles. The molecule has 0 radical (unpaired) electrons. The molecule has 0 amide bonds. The van der Waals surface area contributed by atoms with E-state index >= 15 is 0 Å². The summed E-state index contributed by atoms with van der Waals surface area (Å²) in [5.41, 5.74) is 0. The number of rotatable bonds is 5. The van der Waals surface area contributed by atoms with Gasteiger partial charge in [0.05, 0.1) is 6.04 Å². The number of nitrogens with one attached hydrogen (secondary N) is 1. The maximum atomic E-state index is 12.1. The summed E-state index contributed by atoms with van der Waals surface area (Å²) in [6, 6.07) is -0.708. The van der Waals surface area contributed by atoms with Crippen LogP contribution in [0.5, 0.6) is 0 Å². The van der Waals surface area contributed by atoms with E-state index in [0.717, 1.165) is 6.54 Å². The molecule has 0 aromatic heterocycles. The van der Waals surface area contributed by atoms with Crippen LogP contribution in [0.4, 0.5) is 8.78 Å². The van der Waals surface area contributed by atoms with Crippen molar-refractivity contribution in [1.82, 2.24) is 10.2 Å². The van der Waals surface area contributed by atoms with Crippen LogP contribution >= 0.6 is 0 Å². The predicted octanol–water partition coefficient (Wildman–Crippen LogP) is 0.791. The Bertz CT molecular complexity index is 98.4. The Balaban J connectivity index is 3.68. The first kappa shape index (κ1) is 10.8. The van der Waals surface area contributed by atoms with Gasteiger partial charge in [-0.05, 0) is 20.6 Å². The topological polar surface area (TPSA) is 15.3 Å². The van der Waals surface area contributed by atoms with Crippen LogP contribution < -0.4 is 5.32 Å². The van der Waals surface area contributed by atoms with Gasteiger partial charge in [0.25, 0.3) is 6.43 Å². The van der Waals surface area contributed by atoms with Gasteiger partial charge >= 0.3 is 0 Å². The van der Waals surface area contributed by atoms with E-state index < -0.39 is 12.5 Å². The molecule has 0 saturated heterocycles. The first-order valence-electron chi connectivity index (χ1n) is 3.75. The fraction of sp³-hybridized carbons (Fsp3) is 1.00. The highest BCUT2D eigenvalue weighted by Gasteiger charge is 2.18. The van der Waals surface area contributed by atoms with E-state index in [-0.39, 0.29) is 0 Å². The minimum absolute atomic E-state index is 0.394. The minimum atomic E-state index is -2.28. The Hall–Kier alpha value is -0.220. The van der Waals surface area contributed by atoms with Gasteiger partial charge < -0.3 is 10.2 Å². The molecule has 0 heterocycles. The number of likely N-dealkylation sites (N-methyl/N-ethyl adjacent to an activating group) is 2. The zero-order valence-electron chi connectivity index (χ0n) is 7.27. The normalized spacial score (nSPS) is 14.5. The molecule has 1 N–H and O–H groups in total. The summed E-state index contributed by atoms with van der Waals surface area (Å²) in [4.78, 5) is 1.85. The third-order valence-corrected chi connectivity index (χ3v) is 1.72. The molecule has 0 fully saturated rings. The van der Waals surface area contributed by atoms with Crippen LogP contribution in [0.25, 0.3) is 0 Å². The Kier molecular flexibility index (Phi) is 5.32. The van der Waals surface area contributed by atoms with Crippen LogP contribution in [0, 0.1) is 0 Å². The fourth-order valence-corrected chi connectivity index (χ4v) is 0.762. The highest BCUT2D eigenvalue weighted by molar-refractivity contribution is 4.70. The third kappa shape index (κ3) is 4.27. The SMILES string of the molecule is CCN(C)CC(NC)C(F)F. The standard InChI is InChI=1S/C7H16F2N2/c1-4-11(3)5-6(10-2)7(8)9/h6-7,10H,4-5H2,1-3H3. The van der Waals surface area contributed by atoms with Crippen LogP contribution in [-0.4, -0.2) is 44.6 Å². The molecule has 0 spiro atoms. The van der Waals surface area contributed by atoms with Crippen molar-refractivity contribution in [1.29, 1.82) is 0 Å². The van der Waals surface area contributed by atoms with Crippen molar-refractivity contribution in [2.75, 3.05) is 27.2 Å². The molecular weight excluding hydrogens is 150 g/mol. The third-order valence-electron chi connectivity index (χ3n) is 1.72. The van der Waals surface area contributed by atoms with Gasteiger partial charge in [0.2, 0.25) is 0 Å². The largest absolute Gasteiger partial charge is 0.311 e. The van der Waals surface area contributed by atoms with Crippen LogP contribution in [0.3, 0.4) is 0 Å². The van der Waals surface area contributed by atoms with Crippen LogP contribution in [0.2, 0.25) is 0 Å². The molecule has 2 nitrogen and oxygen atoms in total. The zero-order chi connectivity index (χ0) is 8.85. The lowest BCUT2D eigenvalue weighted by molar-refractivity contribution is 0.0849. The molecule has 0 aromatic rings. The Morgan fingerprint density at radius 3 is 2.27 bits per heavy atom. The second-order valence-corrected chi connectivity index (χ2v) is 2.58. The van der Waals surface area contributed by atoms with E-state index in [2.05, 4.69) is 5.32 Å². The van der Waals surface area contributed by atoms with E-state index in [1.807, 2.05) is 18.9 Å². The molecule has 4 heteroatoms. The molecule has 0 aromatic carbocycles. The Morgan fingerprint density at radius 1 is 1.45 bits per heavy atom. The van der Waals surface area contributed by atoms with Gasteiger partial charge in [-0.15, -0.1) is 0 Å². The van der Waals surface area contributed by atoms with Crippen LogP contribution in [0.1, 0.15) is 6.92 Å². The molecule has 1 atom stereocenters. The lowest BCUT2D eigenvalue weighted by Gasteiger charge is -2.21. The van der Waals surface area contributed by atoms with E-state index in [9.17, 15) is 8.78 Å². The van der Waals surface area contributed by atoms with Gasteiger partial charge in [-0.25, -0.2) is 8.78 Å². The summed E-state index contributed by atoms with van der Waals surface area (Å²) in [5.74, 6) is 0. The number of nitrogens with zero attached hydrogens (tertiary/aromatic N) is 1. The maximum absolute atomic E-state index is 12.1. The lowest BCUT2D eigenvalue weighted by Crippen LogP contribution is -2.42. The van der Waals surface area contributed by atoms with Gasteiger partial charge in [-0.2, -0.15) is 0 Å². The van der Waals surface area contributed by atoms with Gasteiger partial charge in [-0.1, -0.05) is 6.92 Å². The number of hydrogen-bond acceptors (Lipinski definition) is 2. The first-order valence-corrected chi connectivity index (χ1v) is 3.75. The van der Waals surface area contributed by atoms with E-state index in [0.29, 0.717) is 6.54 Å². The van der Waals surface area contributed by atoms with E-state index in [1.54, 1.807) is 7.05 Å². The van der Waals surface area contributed by atoms with Gasteiger partial charge in [0.1, 0.15) is 0 Å². The average molecular weight is 166 g/mol. The first-order chi connectivity index (χ1) is 5.11. The summed E-state index contributed by atoms with van der Waals surface area (Å²) >= 11 is 0. The monoisotopic (exact) mass is 166 g/mol. The number of alkyl halides is 2. The van der Waals surface area contributed by atoms with Crippen molar-refractivity contribution in [2.45, 2.75) is 19.4 Å². The number of hydrogen-bond donors (Lipinski definition) is 1. The lowest BCUT2D eigenvalue weighted by atomic mass is 10.3. The van der Waals surface area contributed by atoms with Crippen molar-refractivity contribution < 1.29 is 8.78 Å². The highest BCUT2D eigenvalue weighted by atomic mass is 19.3. The van der Waals surface area contributed by atoms with Gasteiger partial charge in [-0.3, -0.25) is 0 Å². The second kappa shape index (κ2) is 5.43. The maximum Gasteiger partial charge on any atom is 0.254 e. The molecule has 0 aliphatic rings. The van der Waals surface area contributed by atoms with Crippen molar-refractivity contribution in [3.8, 4) is 0 Å². The summed E-state index contributed by atoms with van der Waals surface area (Å²) in [7, 11) is 3.38. The highest BCUT2D eigenvalue weighted by Crippen LogP contribution is 2.01. The Labute approximate surface area is 66.6 Å². The molecule has 1 unspecified atom stereocenters. The molecule has 0 aliphatic heterocycles. The minimum Gasteiger partial charge on any atom is -0.311 e. The molecular formula is C7H16F2N2. The van der Waals surface area contributed by atoms with Crippen molar-refractivity contribution in [2.24, 2.45) is 0 Å². The summed E-state index contributed by atoms with van der Waals surface area (Å²) in [6.45, 7) is 3.13.